The maximum Gasteiger partial charge on any atom is 0.164 e. The van der Waals surface area contributed by atoms with Gasteiger partial charge in [-0.25, -0.2) is 0 Å². The molecule has 1 heterocycles. The third-order valence-corrected chi connectivity index (χ3v) is 4.89. The Kier molecular flexibility index (Phi) is 6.36. The van der Waals surface area contributed by atoms with Crippen molar-refractivity contribution in [2.45, 2.75) is 25.6 Å². The molecular formula is C21H28N2O3. The van der Waals surface area contributed by atoms with Crippen molar-refractivity contribution < 1.29 is 14.2 Å². The largest absolute Gasteiger partial charge is 0.496 e. The first-order valence-corrected chi connectivity index (χ1v) is 9.02. The number of nitrogens with one attached hydrogen (secondary N) is 1. The van der Waals surface area contributed by atoms with Crippen LogP contribution >= 0.6 is 0 Å². The summed E-state index contributed by atoms with van der Waals surface area (Å²) in [5.41, 5.74) is 2.45. The van der Waals surface area contributed by atoms with Crippen LogP contribution in [0.15, 0.2) is 42.5 Å². The van der Waals surface area contributed by atoms with Gasteiger partial charge in [0.15, 0.2) is 11.5 Å². The van der Waals surface area contributed by atoms with Gasteiger partial charge in [0.25, 0.3) is 0 Å². The molecule has 0 aliphatic carbocycles. The molecule has 1 saturated heterocycles. The molecule has 5 nitrogen and oxygen atoms in total. The number of nitrogens with zero attached hydrogens (tertiary/aromatic N) is 1. The SMILES string of the molecule is COc1cc(OC)c(OC)cc1CNC1CCN(Cc2ccccc2)C1. The number of likely N-dealkylation sites (tertiary alicyclic amines) is 1. The first kappa shape index (κ1) is 18.5. The van der Waals surface area contributed by atoms with Crippen molar-refractivity contribution in [1.29, 1.82) is 0 Å². The molecule has 1 unspecified atom stereocenters. The molecule has 1 aliphatic heterocycles. The lowest BCUT2D eigenvalue weighted by Gasteiger charge is -2.18. The molecule has 26 heavy (non-hydrogen) atoms. The summed E-state index contributed by atoms with van der Waals surface area (Å²) in [6.07, 6.45) is 1.16. The van der Waals surface area contributed by atoms with E-state index >= 15 is 0 Å². The Morgan fingerprint density at radius 1 is 0.962 bits per heavy atom. The minimum absolute atomic E-state index is 0.483. The summed E-state index contributed by atoms with van der Waals surface area (Å²) in [5.74, 6) is 2.22. The first-order valence-electron chi connectivity index (χ1n) is 9.02. The summed E-state index contributed by atoms with van der Waals surface area (Å²) in [7, 11) is 4.97. The van der Waals surface area contributed by atoms with E-state index in [1.807, 2.05) is 12.1 Å². The molecule has 0 radical (unpaired) electrons. The van der Waals surface area contributed by atoms with Gasteiger partial charge in [-0.3, -0.25) is 4.90 Å². The molecule has 1 N–H and O–H groups in total. The molecule has 0 saturated carbocycles. The van der Waals surface area contributed by atoms with Crippen LogP contribution in [0.1, 0.15) is 17.5 Å². The molecule has 0 spiro atoms. The first-order chi connectivity index (χ1) is 12.7. The second-order valence-electron chi connectivity index (χ2n) is 6.61. The highest BCUT2D eigenvalue weighted by atomic mass is 16.5. The van der Waals surface area contributed by atoms with Crippen LogP contribution < -0.4 is 19.5 Å². The van der Waals surface area contributed by atoms with Crippen molar-refractivity contribution in [3.63, 3.8) is 0 Å². The van der Waals surface area contributed by atoms with Crippen LogP contribution in [0, 0.1) is 0 Å². The number of ether oxygens (including phenoxy) is 3. The molecule has 140 valence electrons. The molecule has 1 fully saturated rings. The van der Waals surface area contributed by atoms with Crippen LogP contribution in [-0.4, -0.2) is 45.4 Å². The number of benzene rings is 2. The summed E-state index contributed by atoms with van der Waals surface area (Å²) in [5, 5.41) is 3.66. The highest BCUT2D eigenvalue weighted by Crippen LogP contribution is 2.34. The summed E-state index contributed by atoms with van der Waals surface area (Å²) >= 11 is 0. The smallest absolute Gasteiger partial charge is 0.164 e. The van der Waals surface area contributed by atoms with Crippen molar-refractivity contribution in [2.24, 2.45) is 0 Å². The number of hydrogen-bond acceptors (Lipinski definition) is 5. The van der Waals surface area contributed by atoms with Gasteiger partial charge in [-0.15, -0.1) is 0 Å². The molecule has 1 atom stereocenters. The van der Waals surface area contributed by atoms with Crippen LogP contribution in [-0.2, 0) is 13.1 Å². The minimum Gasteiger partial charge on any atom is -0.496 e. The number of rotatable bonds is 8. The predicted molar refractivity (Wildman–Crippen MR) is 103 cm³/mol. The summed E-state index contributed by atoms with van der Waals surface area (Å²) in [4.78, 5) is 2.50. The Hall–Kier alpha value is -2.24. The van der Waals surface area contributed by atoms with Gasteiger partial charge >= 0.3 is 0 Å². The van der Waals surface area contributed by atoms with E-state index in [1.54, 1.807) is 21.3 Å². The Labute approximate surface area is 155 Å². The van der Waals surface area contributed by atoms with E-state index in [4.69, 9.17) is 14.2 Å². The summed E-state index contributed by atoms with van der Waals surface area (Å²) < 4.78 is 16.3. The molecule has 2 aromatic rings. The Morgan fingerprint density at radius 2 is 1.65 bits per heavy atom. The van der Waals surface area contributed by atoms with Crippen molar-refractivity contribution >= 4 is 0 Å². The number of hydrogen-bond donors (Lipinski definition) is 1. The van der Waals surface area contributed by atoms with Crippen molar-refractivity contribution in [3.05, 3.63) is 53.6 Å². The molecule has 0 amide bonds. The van der Waals surface area contributed by atoms with Gasteiger partial charge in [-0.2, -0.15) is 0 Å². The molecule has 3 rings (SSSR count). The lowest BCUT2D eigenvalue weighted by Crippen LogP contribution is -2.32. The standard InChI is InChI=1S/C21H28N2O3/c1-24-19-12-21(26-3)20(25-2)11-17(19)13-22-18-9-10-23(15-18)14-16-7-5-4-6-8-16/h4-8,11-12,18,22H,9-10,13-15H2,1-3H3. The van der Waals surface area contributed by atoms with Crippen LogP contribution in [0.4, 0.5) is 0 Å². The second-order valence-corrected chi connectivity index (χ2v) is 6.61. The molecule has 0 aromatic heterocycles. The van der Waals surface area contributed by atoms with E-state index in [0.29, 0.717) is 11.8 Å². The third-order valence-electron chi connectivity index (χ3n) is 4.89. The Balaban J connectivity index is 1.57. The molecule has 0 bridgehead atoms. The van der Waals surface area contributed by atoms with Gasteiger partial charge in [0.05, 0.1) is 21.3 Å². The predicted octanol–water partition coefficient (Wildman–Crippen LogP) is 3.08. The molecule has 1 aliphatic rings. The second kappa shape index (κ2) is 8.92. The summed E-state index contributed by atoms with van der Waals surface area (Å²) in [6, 6.07) is 15.0. The van der Waals surface area contributed by atoms with Crippen LogP contribution in [0.2, 0.25) is 0 Å². The minimum atomic E-state index is 0.483. The summed E-state index contributed by atoms with van der Waals surface area (Å²) in [6.45, 7) is 3.94. The monoisotopic (exact) mass is 356 g/mol. The van der Waals surface area contributed by atoms with E-state index in [-0.39, 0.29) is 0 Å². The highest BCUT2D eigenvalue weighted by molar-refractivity contribution is 5.50. The fourth-order valence-electron chi connectivity index (χ4n) is 3.47. The van der Waals surface area contributed by atoms with E-state index in [9.17, 15) is 0 Å². The lowest BCUT2D eigenvalue weighted by atomic mass is 10.1. The van der Waals surface area contributed by atoms with E-state index < -0.39 is 0 Å². The third kappa shape index (κ3) is 4.48. The zero-order valence-corrected chi connectivity index (χ0v) is 15.8. The van der Waals surface area contributed by atoms with Gasteiger partial charge in [0.2, 0.25) is 0 Å². The van der Waals surface area contributed by atoms with Crippen LogP contribution in [0.3, 0.4) is 0 Å². The molecule has 2 aromatic carbocycles. The van der Waals surface area contributed by atoms with Crippen LogP contribution in [0.25, 0.3) is 0 Å². The van der Waals surface area contributed by atoms with Gasteiger partial charge in [-0.1, -0.05) is 30.3 Å². The maximum absolute atomic E-state index is 5.52. The number of methoxy groups -OCH3 is 3. The normalized spacial score (nSPS) is 17.3. The zero-order chi connectivity index (χ0) is 18.4. The highest BCUT2D eigenvalue weighted by Gasteiger charge is 2.22. The van der Waals surface area contributed by atoms with E-state index in [0.717, 1.165) is 49.7 Å². The van der Waals surface area contributed by atoms with E-state index in [2.05, 4.69) is 40.5 Å². The quantitative estimate of drug-likeness (QED) is 0.787. The molecular weight excluding hydrogens is 328 g/mol. The average molecular weight is 356 g/mol. The maximum atomic E-state index is 5.52. The zero-order valence-electron chi connectivity index (χ0n) is 15.8. The molecule has 5 heteroatoms. The average Bonchev–Trinajstić information content (AvgIpc) is 3.13. The Bertz CT molecular complexity index is 706. The fraction of sp³-hybridized carbons (Fsp3) is 0.429. The van der Waals surface area contributed by atoms with E-state index in [1.165, 1.54) is 5.56 Å². The van der Waals surface area contributed by atoms with Crippen LogP contribution in [0.5, 0.6) is 17.2 Å². The Morgan fingerprint density at radius 3 is 2.35 bits per heavy atom. The van der Waals surface area contributed by atoms with Gasteiger partial charge in [0, 0.05) is 43.9 Å². The van der Waals surface area contributed by atoms with Crippen molar-refractivity contribution in [2.75, 3.05) is 34.4 Å². The van der Waals surface area contributed by atoms with Crippen molar-refractivity contribution in [1.82, 2.24) is 10.2 Å². The van der Waals surface area contributed by atoms with Gasteiger partial charge < -0.3 is 19.5 Å². The topological polar surface area (TPSA) is 43.0 Å². The van der Waals surface area contributed by atoms with Gasteiger partial charge in [-0.05, 0) is 18.1 Å². The fourth-order valence-corrected chi connectivity index (χ4v) is 3.47. The van der Waals surface area contributed by atoms with Crippen molar-refractivity contribution in [3.8, 4) is 17.2 Å². The van der Waals surface area contributed by atoms with Gasteiger partial charge in [0.1, 0.15) is 5.75 Å². The lowest BCUT2D eigenvalue weighted by molar-refractivity contribution is 0.319.